The van der Waals surface area contributed by atoms with E-state index in [4.69, 9.17) is 9.47 Å². The molecule has 2 atom stereocenters. The van der Waals surface area contributed by atoms with Crippen LogP contribution in [0.1, 0.15) is 64.4 Å². The first kappa shape index (κ1) is 20.8. The monoisotopic (exact) mass is 365 g/mol. The summed E-state index contributed by atoms with van der Waals surface area (Å²) in [5.41, 5.74) is 0.844. The smallest absolute Gasteiger partial charge is 0.220 e. The number of hydrogen-bond acceptors (Lipinski definition) is 3. The minimum atomic E-state index is -0.263. The Hall–Kier alpha value is -1.46. The van der Waals surface area contributed by atoms with Crippen LogP contribution in [0, 0.1) is 11.2 Å². The van der Waals surface area contributed by atoms with Crippen LogP contribution in [0.4, 0.5) is 4.39 Å². The van der Waals surface area contributed by atoms with Crippen LogP contribution in [-0.2, 0) is 14.3 Å². The summed E-state index contributed by atoms with van der Waals surface area (Å²) in [6.07, 6.45) is 4.20. The maximum absolute atomic E-state index is 13.3. The number of halogens is 1. The van der Waals surface area contributed by atoms with Gasteiger partial charge in [0, 0.05) is 18.4 Å². The summed E-state index contributed by atoms with van der Waals surface area (Å²) in [4.78, 5) is 12.2. The Labute approximate surface area is 156 Å². The Kier molecular flexibility index (Phi) is 8.04. The van der Waals surface area contributed by atoms with Crippen molar-refractivity contribution in [2.45, 2.75) is 65.1 Å². The number of rotatable bonds is 10. The predicted molar refractivity (Wildman–Crippen MR) is 100 cm³/mol. The van der Waals surface area contributed by atoms with Gasteiger partial charge in [0.15, 0.2) is 6.29 Å². The molecule has 2 rings (SSSR count). The van der Waals surface area contributed by atoms with Crippen molar-refractivity contribution in [2.75, 3.05) is 19.8 Å². The van der Waals surface area contributed by atoms with E-state index in [1.807, 2.05) is 13.0 Å². The topological polar surface area (TPSA) is 47.6 Å². The number of benzene rings is 1. The third kappa shape index (κ3) is 6.06. The van der Waals surface area contributed by atoms with Gasteiger partial charge in [0.2, 0.25) is 5.91 Å². The van der Waals surface area contributed by atoms with Crippen molar-refractivity contribution in [2.24, 2.45) is 5.41 Å². The van der Waals surface area contributed by atoms with Crippen LogP contribution in [0.5, 0.6) is 0 Å². The number of carbonyl (C=O) groups is 1. The molecule has 1 aliphatic rings. The highest BCUT2D eigenvalue weighted by Crippen LogP contribution is 2.37. The molecule has 1 aromatic rings. The van der Waals surface area contributed by atoms with Crippen LogP contribution >= 0.6 is 0 Å². The Morgan fingerprint density at radius 1 is 1.35 bits per heavy atom. The molecule has 26 heavy (non-hydrogen) atoms. The van der Waals surface area contributed by atoms with E-state index in [1.165, 1.54) is 12.1 Å². The third-order valence-electron chi connectivity index (χ3n) is 5.17. The molecule has 1 amide bonds. The molecule has 146 valence electrons. The molecule has 1 N–H and O–H groups in total. The van der Waals surface area contributed by atoms with Gasteiger partial charge in [-0.05, 0) is 42.9 Å². The normalized spacial score (nSPS) is 18.5. The van der Waals surface area contributed by atoms with Crippen molar-refractivity contribution in [3.8, 4) is 0 Å². The van der Waals surface area contributed by atoms with Crippen LogP contribution in [0.25, 0.3) is 0 Å². The van der Waals surface area contributed by atoms with E-state index in [0.717, 1.165) is 31.2 Å². The van der Waals surface area contributed by atoms with Gasteiger partial charge in [-0.15, -0.1) is 0 Å². The van der Waals surface area contributed by atoms with Gasteiger partial charge in [-0.2, -0.15) is 0 Å². The zero-order chi connectivity index (χ0) is 19.0. The van der Waals surface area contributed by atoms with Gasteiger partial charge in [0.1, 0.15) is 5.82 Å². The van der Waals surface area contributed by atoms with Crippen LogP contribution < -0.4 is 5.32 Å². The van der Waals surface area contributed by atoms with E-state index < -0.39 is 0 Å². The van der Waals surface area contributed by atoms with E-state index in [-0.39, 0.29) is 29.3 Å². The lowest BCUT2D eigenvalue weighted by atomic mass is 9.80. The maximum atomic E-state index is 13.3. The molecular formula is C21H32FNO3. The number of carbonyl (C=O) groups excluding carboxylic acids is 1. The van der Waals surface area contributed by atoms with Crippen molar-refractivity contribution in [3.05, 3.63) is 35.6 Å². The van der Waals surface area contributed by atoms with Gasteiger partial charge >= 0.3 is 0 Å². The quantitative estimate of drug-likeness (QED) is 0.625. The van der Waals surface area contributed by atoms with Crippen LogP contribution in [0.3, 0.4) is 0 Å². The first-order chi connectivity index (χ1) is 12.4. The summed E-state index contributed by atoms with van der Waals surface area (Å²) in [6, 6.07) is 6.46. The fourth-order valence-electron chi connectivity index (χ4n) is 3.69. The van der Waals surface area contributed by atoms with E-state index in [1.54, 1.807) is 6.07 Å². The van der Waals surface area contributed by atoms with E-state index in [9.17, 15) is 9.18 Å². The van der Waals surface area contributed by atoms with Gasteiger partial charge in [-0.1, -0.05) is 39.3 Å². The van der Waals surface area contributed by atoms with Gasteiger partial charge < -0.3 is 14.8 Å². The lowest BCUT2D eigenvalue weighted by Gasteiger charge is -2.34. The molecular weight excluding hydrogens is 333 g/mol. The second kappa shape index (κ2) is 10.0. The molecule has 0 saturated carbocycles. The van der Waals surface area contributed by atoms with Crippen molar-refractivity contribution >= 4 is 5.91 Å². The van der Waals surface area contributed by atoms with Crippen molar-refractivity contribution in [3.63, 3.8) is 0 Å². The fraction of sp³-hybridized carbons (Fsp3) is 0.667. The second-order valence-corrected chi connectivity index (χ2v) is 7.59. The average molecular weight is 365 g/mol. The highest BCUT2D eigenvalue weighted by Gasteiger charge is 2.37. The standard InChI is InChI=1S/C21H32FNO3/c1-4-9-21(3,20-25-12-13-26-20)10-6-11-23-19(24)14-16(2)17-7-5-8-18(22)15-17/h5,7-8,15-16,20H,4,6,9-14H2,1-3H3,(H,23,24)/t16-,21+/m1/s1. The second-order valence-electron chi connectivity index (χ2n) is 7.59. The Morgan fingerprint density at radius 2 is 2.08 bits per heavy atom. The van der Waals surface area contributed by atoms with E-state index in [2.05, 4.69) is 19.2 Å². The minimum Gasteiger partial charge on any atom is -0.356 e. The number of hydrogen-bond donors (Lipinski definition) is 1. The SMILES string of the molecule is CCC[C@@](C)(CCCNC(=O)C[C@@H](C)c1cccc(F)c1)C1OCCO1. The Balaban J connectivity index is 1.73. The largest absolute Gasteiger partial charge is 0.356 e. The molecule has 5 heteroatoms. The minimum absolute atomic E-state index is 0.00338. The van der Waals surface area contributed by atoms with Crippen molar-refractivity contribution in [1.29, 1.82) is 0 Å². The molecule has 1 aliphatic heterocycles. The first-order valence-electron chi connectivity index (χ1n) is 9.70. The van der Waals surface area contributed by atoms with Gasteiger partial charge in [0.25, 0.3) is 0 Å². The zero-order valence-corrected chi connectivity index (χ0v) is 16.2. The van der Waals surface area contributed by atoms with Crippen molar-refractivity contribution < 1.29 is 18.7 Å². The number of nitrogens with one attached hydrogen (secondary N) is 1. The van der Waals surface area contributed by atoms with Gasteiger partial charge in [-0.3, -0.25) is 4.79 Å². The zero-order valence-electron chi connectivity index (χ0n) is 16.2. The fourth-order valence-corrected chi connectivity index (χ4v) is 3.69. The molecule has 0 spiro atoms. The molecule has 0 aliphatic carbocycles. The molecule has 0 unspecified atom stereocenters. The predicted octanol–water partition coefficient (Wildman–Crippen LogP) is 4.40. The molecule has 1 aromatic carbocycles. The first-order valence-corrected chi connectivity index (χ1v) is 9.70. The molecule has 0 radical (unpaired) electrons. The lowest BCUT2D eigenvalue weighted by molar-refractivity contribution is -0.133. The number of ether oxygens (including phenoxy) is 2. The molecule has 4 nitrogen and oxygen atoms in total. The van der Waals surface area contributed by atoms with Gasteiger partial charge in [-0.25, -0.2) is 4.39 Å². The summed E-state index contributed by atoms with van der Waals surface area (Å²) in [5, 5.41) is 2.99. The van der Waals surface area contributed by atoms with Crippen LogP contribution in [0.15, 0.2) is 24.3 Å². The van der Waals surface area contributed by atoms with Gasteiger partial charge in [0.05, 0.1) is 13.2 Å². The molecule has 1 fully saturated rings. The summed E-state index contributed by atoms with van der Waals surface area (Å²) in [7, 11) is 0. The van der Waals surface area contributed by atoms with E-state index >= 15 is 0 Å². The summed E-state index contributed by atoms with van der Waals surface area (Å²) in [5.74, 6) is -0.259. The highest BCUT2D eigenvalue weighted by molar-refractivity contribution is 5.76. The summed E-state index contributed by atoms with van der Waals surface area (Å²) >= 11 is 0. The average Bonchev–Trinajstić information content (AvgIpc) is 3.14. The highest BCUT2D eigenvalue weighted by atomic mass is 19.1. The summed E-state index contributed by atoms with van der Waals surface area (Å²) in [6.45, 7) is 8.29. The molecule has 0 bridgehead atoms. The lowest BCUT2D eigenvalue weighted by Crippen LogP contribution is -2.34. The molecule has 1 saturated heterocycles. The molecule has 0 aromatic heterocycles. The van der Waals surface area contributed by atoms with E-state index in [0.29, 0.717) is 26.2 Å². The Bertz CT molecular complexity index is 574. The number of amides is 1. The maximum Gasteiger partial charge on any atom is 0.220 e. The van der Waals surface area contributed by atoms with Crippen LogP contribution in [-0.4, -0.2) is 32.0 Å². The van der Waals surface area contributed by atoms with Crippen molar-refractivity contribution in [1.82, 2.24) is 5.32 Å². The van der Waals surface area contributed by atoms with Crippen LogP contribution in [0.2, 0.25) is 0 Å². The third-order valence-corrected chi connectivity index (χ3v) is 5.17. The Morgan fingerprint density at radius 3 is 2.73 bits per heavy atom. The molecule has 1 heterocycles. The summed E-state index contributed by atoms with van der Waals surface area (Å²) < 4.78 is 24.7.